The number of halogens is 1. The first kappa shape index (κ1) is 26.0. The van der Waals surface area contributed by atoms with Crippen LogP contribution >= 0.6 is 11.6 Å². The lowest BCUT2D eigenvalue weighted by molar-refractivity contribution is -0.119. The van der Waals surface area contributed by atoms with Crippen molar-refractivity contribution < 1.29 is 27.4 Å². The molecular weight excluding hydrogens is 454 g/mol. The highest BCUT2D eigenvalue weighted by atomic mass is 35.5. The van der Waals surface area contributed by atoms with Gasteiger partial charge in [0.15, 0.2) is 17.3 Å². The van der Waals surface area contributed by atoms with Crippen LogP contribution < -0.4 is 18.9 Å². The molecule has 1 N–H and O–H groups in total. The van der Waals surface area contributed by atoms with Gasteiger partial charge in [0.1, 0.15) is 12.4 Å². The SMILES string of the molecule is COc1cc(C(C)(C)c2ccc(OCCCCl)cc2)ccc1OCC(=O)CNS(C)(=O)=O. The quantitative estimate of drug-likeness (QED) is 0.346. The molecule has 0 spiro atoms. The minimum absolute atomic E-state index is 0.271. The summed E-state index contributed by atoms with van der Waals surface area (Å²) in [6, 6.07) is 13.5. The van der Waals surface area contributed by atoms with Crippen LogP contribution in [-0.4, -0.2) is 53.2 Å². The van der Waals surface area contributed by atoms with Gasteiger partial charge in [-0.3, -0.25) is 4.79 Å². The fourth-order valence-electron chi connectivity index (χ4n) is 2.98. The summed E-state index contributed by atoms with van der Waals surface area (Å²) in [7, 11) is -1.91. The van der Waals surface area contributed by atoms with Crippen LogP contribution in [0.4, 0.5) is 0 Å². The molecule has 2 rings (SSSR count). The zero-order chi connectivity index (χ0) is 23.8. The molecule has 32 heavy (non-hydrogen) atoms. The Bertz CT molecular complexity index is 1010. The van der Waals surface area contributed by atoms with Crippen molar-refractivity contribution in [2.24, 2.45) is 0 Å². The van der Waals surface area contributed by atoms with Crippen molar-refractivity contribution in [2.75, 3.05) is 39.0 Å². The molecule has 0 aliphatic rings. The van der Waals surface area contributed by atoms with Crippen LogP contribution in [0.5, 0.6) is 17.2 Å². The first-order valence-electron chi connectivity index (χ1n) is 10.1. The number of carbonyl (C=O) groups excluding carboxylic acids is 1. The Kier molecular flexibility index (Phi) is 9.36. The van der Waals surface area contributed by atoms with E-state index in [0.29, 0.717) is 24.0 Å². The van der Waals surface area contributed by atoms with Crippen molar-refractivity contribution in [3.63, 3.8) is 0 Å². The van der Waals surface area contributed by atoms with Crippen molar-refractivity contribution >= 4 is 27.4 Å². The van der Waals surface area contributed by atoms with Gasteiger partial charge in [0.25, 0.3) is 0 Å². The van der Waals surface area contributed by atoms with Gasteiger partial charge in [-0.2, -0.15) is 0 Å². The van der Waals surface area contributed by atoms with E-state index in [1.54, 1.807) is 6.07 Å². The van der Waals surface area contributed by atoms with Crippen molar-refractivity contribution in [1.82, 2.24) is 4.72 Å². The van der Waals surface area contributed by atoms with Gasteiger partial charge in [0.2, 0.25) is 10.0 Å². The monoisotopic (exact) mass is 483 g/mol. The summed E-state index contributed by atoms with van der Waals surface area (Å²) in [4.78, 5) is 11.9. The average Bonchev–Trinajstić information content (AvgIpc) is 2.76. The molecule has 0 fully saturated rings. The smallest absolute Gasteiger partial charge is 0.209 e. The maximum absolute atomic E-state index is 11.9. The second kappa shape index (κ2) is 11.5. The molecule has 176 valence electrons. The summed E-state index contributed by atoms with van der Waals surface area (Å²) < 4.78 is 41.0. The van der Waals surface area contributed by atoms with E-state index in [0.717, 1.165) is 29.6 Å². The first-order chi connectivity index (χ1) is 15.1. The third kappa shape index (κ3) is 7.69. The van der Waals surface area contributed by atoms with Crippen LogP contribution in [0.3, 0.4) is 0 Å². The van der Waals surface area contributed by atoms with Crippen molar-refractivity contribution in [3.05, 3.63) is 53.6 Å². The summed E-state index contributed by atoms with van der Waals surface area (Å²) in [5.41, 5.74) is 1.78. The second-order valence-electron chi connectivity index (χ2n) is 7.83. The number of alkyl halides is 1. The molecule has 0 heterocycles. The van der Waals surface area contributed by atoms with Crippen LogP contribution in [0.25, 0.3) is 0 Å². The summed E-state index contributed by atoms with van der Waals surface area (Å²) in [5.74, 6) is 1.86. The third-order valence-corrected chi connectivity index (χ3v) is 5.86. The standard InChI is InChI=1S/C23H30ClNO6S/c1-23(2,17-6-9-20(10-7-17)30-13-5-12-24)18-8-11-21(22(14-18)29-3)31-16-19(26)15-25-32(4,27)28/h6-11,14,25H,5,12-13,15-16H2,1-4H3. The number of nitrogens with one attached hydrogen (secondary N) is 1. The Morgan fingerprint density at radius 3 is 2.28 bits per heavy atom. The molecule has 7 nitrogen and oxygen atoms in total. The Labute approximate surface area is 195 Å². The van der Waals surface area contributed by atoms with E-state index in [9.17, 15) is 13.2 Å². The maximum Gasteiger partial charge on any atom is 0.209 e. The molecule has 0 radical (unpaired) electrons. The van der Waals surface area contributed by atoms with Crippen molar-refractivity contribution in [2.45, 2.75) is 25.7 Å². The van der Waals surface area contributed by atoms with Gasteiger partial charge < -0.3 is 14.2 Å². The highest BCUT2D eigenvalue weighted by molar-refractivity contribution is 7.88. The lowest BCUT2D eigenvalue weighted by Gasteiger charge is -2.27. The number of methoxy groups -OCH3 is 1. The molecule has 0 aliphatic carbocycles. The predicted molar refractivity (Wildman–Crippen MR) is 126 cm³/mol. The topological polar surface area (TPSA) is 90.9 Å². The van der Waals surface area contributed by atoms with Crippen molar-refractivity contribution in [3.8, 4) is 17.2 Å². The number of carbonyl (C=O) groups is 1. The van der Waals surface area contributed by atoms with Crippen LogP contribution in [-0.2, 0) is 20.2 Å². The summed E-state index contributed by atoms with van der Waals surface area (Å²) in [5, 5.41) is 0. The fraction of sp³-hybridized carbons (Fsp3) is 0.435. The number of ether oxygens (including phenoxy) is 3. The number of hydrogen-bond acceptors (Lipinski definition) is 6. The highest BCUT2D eigenvalue weighted by Crippen LogP contribution is 2.37. The lowest BCUT2D eigenvalue weighted by atomic mass is 9.78. The molecule has 0 atom stereocenters. The Morgan fingerprint density at radius 1 is 1.03 bits per heavy atom. The summed E-state index contributed by atoms with van der Waals surface area (Å²) in [6.07, 6.45) is 1.79. The molecule has 0 bridgehead atoms. The average molecular weight is 484 g/mol. The highest BCUT2D eigenvalue weighted by Gasteiger charge is 2.25. The number of sulfonamides is 1. The van der Waals surface area contributed by atoms with Gasteiger partial charge in [-0.05, 0) is 41.8 Å². The molecule has 0 aliphatic heterocycles. The zero-order valence-electron chi connectivity index (χ0n) is 18.8. The number of rotatable bonds is 13. The molecule has 9 heteroatoms. The molecule has 0 saturated heterocycles. The van der Waals surface area contributed by atoms with Gasteiger partial charge in [-0.15, -0.1) is 11.6 Å². The van der Waals surface area contributed by atoms with Gasteiger partial charge in [0, 0.05) is 11.3 Å². The zero-order valence-corrected chi connectivity index (χ0v) is 20.4. The third-order valence-electron chi connectivity index (χ3n) is 4.93. The van der Waals surface area contributed by atoms with Crippen LogP contribution in [0, 0.1) is 0 Å². The largest absolute Gasteiger partial charge is 0.494 e. The number of Topliss-reactive ketones (excluding diaryl/α,β-unsaturated/α-hetero) is 1. The summed E-state index contributed by atoms with van der Waals surface area (Å²) in [6.45, 7) is 4.19. The van der Waals surface area contributed by atoms with E-state index >= 15 is 0 Å². The van der Waals surface area contributed by atoms with E-state index in [2.05, 4.69) is 18.6 Å². The van der Waals surface area contributed by atoms with Gasteiger partial charge in [-0.1, -0.05) is 32.0 Å². The van der Waals surface area contributed by atoms with Gasteiger partial charge in [0.05, 0.1) is 26.5 Å². The van der Waals surface area contributed by atoms with E-state index in [4.69, 9.17) is 25.8 Å². The molecule has 0 saturated carbocycles. The Hall–Kier alpha value is -2.29. The predicted octanol–water partition coefficient (Wildman–Crippen LogP) is 3.53. The fourth-order valence-corrected chi connectivity index (χ4v) is 3.51. The van der Waals surface area contributed by atoms with E-state index < -0.39 is 15.8 Å². The van der Waals surface area contributed by atoms with E-state index in [-0.39, 0.29) is 18.6 Å². The van der Waals surface area contributed by atoms with Crippen molar-refractivity contribution in [1.29, 1.82) is 0 Å². The Morgan fingerprint density at radius 2 is 1.69 bits per heavy atom. The van der Waals surface area contributed by atoms with Crippen LogP contribution in [0.2, 0.25) is 0 Å². The van der Waals surface area contributed by atoms with Crippen LogP contribution in [0.15, 0.2) is 42.5 Å². The minimum Gasteiger partial charge on any atom is -0.494 e. The lowest BCUT2D eigenvalue weighted by Crippen LogP contribution is -2.31. The molecule has 0 aromatic heterocycles. The summed E-state index contributed by atoms with van der Waals surface area (Å²) >= 11 is 5.68. The van der Waals surface area contributed by atoms with Crippen LogP contribution in [0.1, 0.15) is 31.4 Å². The molecule has 0 amide bonds. The number of benzene rings is 2. The molecule has 0 unspecified atom stereocenters. The van der Waals surface area contributed by atoms with Gasteiger partial charge in [-0.25, -0.2) is 13.1 Å². The number of hydrogen-bond donors (Lipinski definition) is 1. The van der Waals surface area contributed by atoms with Gasteiger partial charge >= 0.3 is 0 Å². The Balaban J connectivity index is 2.10. The maximum atomic E-state index is 11.9. The number of ketones is 1. The molecule has 2 aromatic rings. The minimum atomic E-state index is -3.44. The normalized spacial score (nSPS) is 11.8. The van der Waals surface area contributed by atoms with E-state index in [1.165, 1.54) is 7.11 Å². The van der Waals surface area contributed by atoms with E-state index in [1.807, 2.05) is 36.4 Å². The molecule has 2 aromatic carbocycles. The first-order valence-corrected chi connectivity index (χ1v) is 12.6. The molecular formula is C23H30ClNO6S. The second-order valence-corrected chi connectivity index (χ2v) is 10.0.